The quantitative estimate of drug-likeness (QED) is 0.00795. The standard InChI is InChI=1S/C39H46O11.C17H24O5/c1-4-37(41)46-24-12-9-8-11-23-45-32-19-16-30(17-20-32)39(43)49-35-22-21-34(27-36(35)44-3)50-47-25-13-7-5-6-10-14-38(42)48-33-18-15-29(2)31(26-33)28-40;1-3-17(18)21-13-7-5-4-6-12-20-16-10-8-15(9-11-16)14-22-19-2/h4,15-22,26-28H,1,5-14,23-25H2,2-3H3;3,8-11H,1,4-7,12-14H2,2H3. The number of unbranched alkanes of at least 4 members (excludes halogenated alkanes) is 10. The number of aryl methyl sites for hydroxylation is 1. The highest BCUT2D eigenvalue weighted by Gasteiger charge is 2.15. The summed E-state index contributed by atoms with van der Waals surface area (Å²) < 4.78 is 37.5. The van der Waals surface area contributed by atoms with Crippen molar-refractivity contribution < 1.29 is 76.7 Å². The van der Waals surface area contributed by atoms with Gasteiger partial charge in [-0.2, -0.15) is 4.89 Å². The highest BCUT2D eigenvalue weighted by molar-refractivity contribution is 5.91. The van der Waals surface area contributed by atoms with Crippen molar-refractivity contribution >= 4 is 30.2 Å². The van der Waals surface area contributed by atoms with Crippen LogP contribution >= 0.6 is 0 Å². The predicted molar refractivity (Wildman–Crippen MR) is 269 cm³/mol. The molecule has 0 aliphatic carbocycles. The Labute approximate surface area is 423 Å². The lowest BCUT2D eigenvalue weighted by Crippen LogP contribution is -2.09. The minimum Gasteiger partial charge on any atom is -0.494 e. The molecule has 390 valence electrons. The SMILES string of the molecule is C=CC(=O)OCCCCCCOc1ccc(C(=O)Oc2ccc(OOCCCCCCCC(=O)Oc3ccc(C)c(C=O)c3)cc2OC)cc1.C=CC(=O)OCCCCCCOc1ccc(COOC)cc1. The van der Waals surface area contributed by atoms with Gasteiger partial charge in [-0.05, 0) is 143 Å². The van der Waals surface area contributed by atoms with E-state index in [0.717, 1.165) is 106 Å². The lowest BCUT2D eigenvalue weighted by Gasteiger charge is -2.12. The molecule has 0 atom stereocenters. The molecule has 0 radical (unpaired) electrons. The number of aldehydes is 1. The topological polar surface area (TPSA) is 187 Å². The summed E-state index contributed by atoms with van der Waals surface area (Å²) in [6.45, 7) is 11.4. The molecule has 0 spiro atoms. The number of ether oxygens (including phenoxy) is 7. The molecule has 0 aromatic heterocycles. The summed E-state index contributed by atoms with van der Waals surface area (Å²) in [4.78, 5) is 77.9. The van der Waals surface area contributed by atoms with Gasteiger partial charge in [0, 0.05) is 30.2 Å². The molecule has 0 bridgehead atoms. The van der Waals surface area contributed by atoms with Gasteiger partial charge in [-0.1, -0.05) is 50.6 Å². The lowest BCUT2D eigenvalue weighted by molar-refractivity contribution is -0.282. The van der Waals surface area contributed by atoms with Crippen LogP contribution in [-0.2, 0) is 45.1 Å². The molecule has 0 N–H and O–H groups in total. The van der Waals surface area contributed by atoms with Crippen LogP contribution in [0.15, 0.2) is 110 Å². The largest absolute Gasteiger partial charge is 0.494 e. The fraction of sp³-hybridized carbons (Fsp3) is 0.411. The van der Waals surface area contributed by atoms with Crippen LogP contribution in [-0.4, -0.2) is 77.4 Å². The molecular formula is C56H70O16. The van der Waals surface area contributed by atoms with Gasteiger partial charge in [0.15, 0.2) is 17.2 Å². The van der Waals surface area contributed by atoms with Crippen LogP contribution in [0.4, 0.5) is 0 Å². The number of benzene rings is 4. The van der Waals surface area contributed by atoms with Crippen molar-refractivity contribution in [2.45, 2.75) is 103 Å². The van der Waals surface area contributed by atoms with Gasteiger partial charge >= 0.3 is 23.9 Å². The van der Waals surface area contributed by atoms with Crippen LogP contribution in [0.1, 0.15) is 122 Å². The van der Waals surface area contributed by atoms with E-state index in [4.69, 9.17) is 47.8 Å². The molecule has 16 heteroatoms. The zero-order valence-electron chi connectivity index (χ0n) is 41.9. The minimum atomic E-state index is -0.548. The van der Waals surface area contributed by atoms with Gasteiger partial charge in [0.25, 0.3) is 0 Å². The number of methoxy groups -OCH3 is 1. The van der Waals surface area contributed by atoms with Gasteiger partial charge in [0.2, 0.25) is 0 Å². The molecule has 0 amide bonds. The highest BCUT2D eigenvalue weighted by atomic mass is 17.2. The summed E-state index contributed by atoms with van der Waals surface area (Å²) in [6, 6.07) is 24.2. The molecule has 16 nitrogen and oxygen atoms in total. The van der Waals surface area contributed by atoms with Crippen LogP contribution in [0, 0.1) is 6.92 Å². The molecule has 4 aromatic carbocycles. The van der Waals surface area contributed by atoms with Crippen molar-refractivity contribution in [2.24, 2.45) is 0 Å². The number of esters is 4. The maximum absolute atomic E-state index is 12.8. The van der Waals surface area contributed by atoms with Gasteiger partial charge < -0.3 is 38.0 Å². The first kappa shape index (κ1) is 59.3. The Morgan fingerprint density at radius 3 is 1.62 bits per heavy atom. The zero-order chi connectivity index (χ0) is 52.0. The molecule has 0 aliphatic heterocycles. The molecule has 0 heterocycles. The first-order valence-electron chi connectivity index (χ1n) is 24.2. The molecule has 0 unspecified atom stereocenters. The van der Waals surface area contributed by atoms with Crippen LogP contribution in [0.2, 0.25) is 0 Å². The summed E-state index contributed by atoms with van der Waals surface area (Å²) in [6.07, 6.45) is 15.0. The monoisotopic (exact) mass is 998 g/mol. The second-order valence-corrected chi connectivity index (χ2v) is 16.1. The van der Waals surface area contributed by atoms with Crippen LogP contribution in [0.3, 0.4) is 0 Å². The molecule has 72 heavy (non-hydrogen) atoms. The van der Waals surface area contributed by atoms with Gasteiger partial charge in [0.05, 0.1) is 52.8 Å². The third kappa shape index (κ3) is 25.7. The second kappa shape index (κ2) is 36.9. The maximum atomic E-state index is 12.8. The number of rotatable bonds is 36. The first-order chi connectivity index (χ1) is 35.1. The summed E-state index contributed by atoms with van der Waals surface area (Å²) in [5.74, 6) is 1.18. The number of carbonyl (C=O) groups is 5. The van der Waals surface area contributed by atoms with E-state index in [1.807, 2.05) is 31.2 Å². The molecule has 0 saturated carbocycles. The molecule has 4 aromatic rings. The average molecular weight is 999 g/mol. The van der Waals surface area contributed by atoms with Gasteiger partial charge in [0.1, 0.15) is 30.1 Å². The van der Waals surface area contributed by atoms with E-state index in [-0.39, 0.29) is 17.7 Å². The van der Waals surface area contributed by atoms with Gasteiger partial charge in [-0.25, -0.2) is 24.2 Å². The third-order valence-electron chi connectivity index (χ3n) is 10.5. The first-order valence-corrected chi connectivity index (χ1v) is 24.2. The Hall–Kier alpha value is -7.01. The van der Waals surface area contributed by atoms with Gasteiger partial charge in [-0.15, -0.1) is 0 Å². The summed E-state index contributed by atoms with van der Waals surface area (Å²) in [7, 11) is 2.95. The number of hydrogen-bond donors (Lipinski definition) is 0. The third-order valence-corrected chi connectivity index (χ3v) is 10.5. The minimum absolute atomic E-state index is 0.234. The normalized spacial score (nSPS) is 10.4. The van der Waals surface area contributed by atoms with Crippen molar-refractivity contribution in [1.82, 2.24) is 0 Å². The van der Waals surface area contributed by atoms with Crippen molar-refractivity contribution in [3.8, 4) is 34.5 Å². The highest BCUT2D eigenvalue weighted by Crippen LogP contribution is 2.32. The second-order valence-electron chi connectivity index (χ2n) is 16.1. The molecule has 0 fully saturated rings. The fourth-order valence-corrected chi connectivity index (χ4v) is 6.46. The van der Waals surface area contributed by atoms with Crippen LogP contribution in [0.5, 0.6) is 34.5 Å². The van der Waals surface area contributed by atoms with Crippen molar-refractivity contribution in [3.63, 3.8) is 0 Å². The molecule has 0 aliphatic rings. The van der Waals surface area contributed by atoms with Crippen LogP contribution in [0.25, 0.3) is 0 Å². The van der Waals surface area contributed by atoms with Crippen molar-refractivity contribution in [2.75, 3.05) is 47.3 Å². The number of carbonyl (C=O) groups excluding carboxylic acids is 5. The van der Waals surface area contributed by atoms with Crippen molar-refractivity contribution in [1.29, 1.82) is 0 Å². The summed E-state index contributed by atoms with van der Waals surface area (Å²) in [5, 5.41) is 0. The molecule has 4 rings (SSSR count). The Morgan fingerprint density at radius 2 is 1.06 bits per heavy atom. The Balaban J connectivity index is 0.000000519. The summed E-state index contributed by atoms with van der Waals surface area (Å²) in [5.41, 5.74) is 2.73. The van der Waals surface area contributed by atoms with E-state index in [0.29, 0.717) is 86.6 Å². The van der Waals surface area contributed by atoms with E-state index >= 15 is 0 Å². The van der Waals surface area contributed by atoms with E-state index in [1.54, 1.807) is 60.7 Å². The van der Waals surface area contributed by atoms with E-state index in [9.17, 15) is 24.0 Å². The Bertz CT molecular complexity index is 2220. The van der Waals surface area contributed by atoms with Gasteiger partial charge in [-0.3, -0.25) is 9.59 Å². The summed E-state index contributed by atoms with van der Waals surface area (Å²) >= 11 is 0. The fourth-order valence-electron chi connectivity index (χ4n) is 6.46. The van der Waals surface area contributed by atoms with E-state index in [2.05, 4.69) is 18.0 Å². The average Bonchev–Trinajstić information content (AvgIpc) is 3.40. The maximum Gasteiger partial charge on any atom is 0.343 e. The van der Waals surface area contributed by atoms with E-state index in [1.165, 1.54) is 20.3 Å². The molecular weight excluding hydrogens is 929 g/mol. The molecule has 0 saturated heterocycles. The van der Waals surface area contributed by atoms with E-state index < -0.39 is 11.9 Å². The van der Waals surface area contributed by atoms with Crippen molar-refractivity contribution in [3.05, 3.63) is 132 Å². The zero-order valence-corrected chi connectivity index (χ0v) is 41.9. The smallest absolute Gasteiger partial charge is 0.343 e. The number of hydrogen-bond acceptors (Lipinski definition) is 16. The lowest BCUT2D eigenvalue weighted by atomic mass is 10.1. The predicted octanol–water partition coefficient (Wildman–Crippen LogP) is 11.4. The Morgan fingerprint density at radius 1 is 0.528 bits per heavy atom. The van der Waals surface area contributed by atoms with Crippen LogP contribution < -0.4 is 28.6 Å². The Kier molecular flexibility index (Phi) is 30.4.